The number of carbonyl (C=O) groups excluding carboxylic acids is 1. The predicted molar refractivity (Wildman–Crippen MR) is 111 cm³/mol. The largest absolute Gasteiger partial charge is 0.339 e. The van der Waals surface area contributed by atoms with Crippen molar-refractivity contribution in [3.63, 3.8) is 0 Å². The Balaban J connectivity index is 1.64. The number of H-pyrrole nitrogens is 2. The minimum Gasteiger partial charge on any atom is -0.339 e. The molecule has 9 heteroatoms. The number of rotatable bonds is 4. The summed E-state index contributed by atoms with van der Waals surface area (Å²) in [6.07, 6.45) is 4.10. The van der Waals surface area contributed by atoms with Crippen molar-refractivity contribution < 1.29 is 13.2 Å². The van der Waals surface area contributed by atoms with Crippen LogP contribution in [0.2, 0.25) is 0 Å². The van der Waals surface area contributed by atoms with Crippen molar-refractivity contribution in [3.8, 4) is 0 Å². The number of sulfonamides is 1. The van der Waals surface area contributed by atoms with Crippen molar-refractivity contribution in [2.24, 2.45) is 0 Å². The highest BCUT2D eigenvalue weighted by Gasteiger charge is 2.23. The van der Waals surface area contributed by atoms with Gasteiger partial charge in [0, 0.05) is 13.1 Å². The lowest BCUT2D eigenvalue weighted by atomic mass is 10.1. The van der Waals surface area contributed by atoms with Gasteiger partial charge in [0.1, 0.15) is 0 Å². The number of imidazole rings is 1. The Labute approximate surface area is 168 Å². The van der Waals surface area contributed by atoms with Crippen molar-refractivity contribution in [2.45, 2.75) is 30.6 Å². The average molecular weight is 414 g/mol. The molecule has 1 aromatic heterocycles. The van der Waals surface area contributed by atoms with Gasteiger partial charge in [-0.3, -0.25) is 9.52 Å². The lowest BCUT2D eigenvalue weighted by Crippen LogP contribution is -2.32. The summed E-state index contributed by atoms with van der Waals surface area (Å²) in [4.78, 5) is 31.3. The van der Waals surface area contributed by atoms with E-state index in [0.29, 0.717) is 29.7 Å². The molecular weight excluding hydrogens is 392 g/mol. The second-order valence-electron chi connectivity index (χ2n) is 7.14. The molecule has 0 saturated carbocycles. The number of amides is 1. The van der Waals surface area contributed by atoms with Gasteiger partial charge >= 0.3 is 5.69 Å². The van der Waals surface area contributed by atoms with Crippen LogP contribution in [0, 0.1) is 0 Å². The van der Waals surface area contributed by atoms with E-state index < -0.39 is 15.7 Å². The third-order valence-electron chi connectivity index (χ3n) is 5.09. The summed E-state index contributed by atoms with van der Waals surface area (Å²) in [5, 5.41) is 0. The van der Waals surface area contributed by atoms with Crippen LogP contribution in [0.15, 0.2) is 52.2 Å². The van der Waals surface area contributed by atoms with E-state index in [4.69, 9.17) is 0 Å². The fraction of sp³-hybridized carbons (Fsp3) is 0.300. The van der Waals surface area contributed by atoms with E-state index in [0.717, 1.165) is 25.7 Å². The Hall–Kier alpha value is -3.07. The van der Waals surface area contributed by atoms with Gasteiger partial charge in [-0.2, -0.15) is 0 Å². The number of nitrogens with one attached hydrogen (secondary N) is 3. The molecule has 4 rings (SSSR count). The van der Waals surface area contributed by atoms with E-state index in [1.54, 1.807) is 29.2 Å². The van der Waals surface area contributed by atoms with Crippen molar-refractivity contribution in [3.05, 3.63) is 58.5 Å². The molecule has 0 unspecified atom stereocenters. The summed E-state index contributed by atoms with van der Waals surface area (Å²) in [7, 11) is -3.95. The molecule has 0 atom stereocenters. The van der Waals surface area contributed by atoms with Crippen LogP contribution in [0.5, 0.6) is 0 Å². The van der Waals surface area contributed by atoms with Crippen LogP contribution < -0.4 is 10.4 Å². The third kappa shape index (κ3) is 4.04. The van der Waals surface area contributed by atoms with Gasteiger partial charge < -0.3 is 14.9 Å². The molecule has 2 aromatic carbocycles. The molecule has 1 aliphatic rings. The standard InChI is InChI=1S/C20H22N4O4S/c25-19(24-11-5-1-2-6-12-24)15-7-3-4-8-16(15)23-29(27,28)14-9-10-17-18(13-14)22-20(26)21-17/h3-4,7-10,13,23H,1-2,5-6,11-12H2,(H2,21,22,26). The van der Waals surface area contributed by atoms with E-state index in [9.17, 15) is 18.0 Å². The summed E-state index contributed by atoms with van der Waals surface area (Å²) >= 11 is 0. The number of aromatic nitrogens is 2. The Morgan fingerprint density at radius 2 is 1.62 bits per heavy atom. The highest BCUT2D eigenvalue weighted by molar-refractivity contribution is 7.92. The first kappa shape index (κ1) is 19.3. The third-order valence-corrected chi connectivity index (χ3v) is 6.46. The van der Waals surface area contributed by atoms with Gasteiger partial charge in [0.05, 0.1) is 27.2 Å². The minimum atomic E-state index is -3.95. The summed E-state index contributed by atoms with van der Waals surface area (Å²) in [6, 6.07) is 10.9. The van der Waals surface area contributed by atoms with Gasteiger partial charge in [0.25, 0.3) is 15.9 Å². The fourth-order valence-corrected chi connectivity index (χ4v) is 4.69. The molecule has 29 heavy (non-hydrogen) atoms. The molecule has 1 aliphatic heterocycles. The number of fused-ring (bicyclic) bond motifs is 1. The molecule has 0 spiro atoms. The summed E-state index contributed by atoms with van der Waals surface area (Å²) in [6.45, 7) is 1.36. The quantitative estimate of drug-likeness (QED) is 0.609. The van der Waals surface area contributed by atoms with E-state index >= 15 is 0 Å². The smallest absolute Gasteiger partial charge is 0.323 e. The molecule has 0 radical (unpaired) electrons. The monoisotopic (exact) mass is 414 g/mol. The van der Waals surface area contributed by atoms with Crippen LogP contribution in [0.25, 0.3) is 11.0 Å². The number of carbonyl (C=O) groups is 1. The highest BCUT2D eigenvalue weighted by Crippen LogP contribution is 2.24. The molecule has 3 aromatic rings. The van der Waals surface area contributed by atoms with E-state index in [1.807, 2.05) is 0 Å². The van der Waals surface area contributed by atoms with Crippen LogP contribution in [-0.2, 0) is 10.0 Å². The second kappa shape index (κ2) is 7.75. The zero-order valence-electron chi connectivity index (χ0n) is 15.8. The Kier molecular flexibility index (Phi) is 5.14. The molecule has 0 bridgehead atoms. The topological polar surface area (TPSA) is 115 Å². The van der Waals surface area contributed by atoms with E-state index in [2.05, 4.69) is 14.7 Å². The Morgan fingerprint density at radius 1 is 0.931 bits per heavy atom. The number of nitrogens with zero attached hydrogens (tertiary/aromatic N) is 1. The van der Waals surface area contributed by atoms with Crippen LogP contribution in [0.4, 0.5) is 5.69 Å². The zero-order chi connectivity index (χ0) is 20.4. The molecule has 1 fully saturated rings. The first-order valence-electron chi connectivity index (χ1n) is 9.57. The second-order valence-corrected chi connectivity index (χ2v) is 8.83. The SMILES string of the molecule is O=C(c1ccccc1NS(=O)(=O)c1ccc2[nH]c(=O)[nH]c2c1)N1CCCCCC1. The molecule has 1 saturated heterocycles. The van der Waals surface area contributed by atoms with Gasteiger partial charge in [-0.15, -0.1) is 0 Å². The maximum atomic E-state index is 13.0. The maximum absolute atomic E-state index is 13.0. The van der Waals surface area contributed by atoms with Gasteiger partial charge in [0.15, 0.2) is 0 Å². The number of hydrogen-bond acceptors (Lipinski definition) is 4. The molecule has 152 valence electrons. The minimum absolute atomic E-state index is 0.00252. The van der Waals surface area contributed by atoms with Gasteiger partial charge in [0.2, 0.25) is 0 Å². The van der Waals surface area contributed by atoms with Crippen LogP contribution in [0.1, 0.15) is 36.0 Å². The normalized spacial score (nSPS) is 15.2. The van der Waals surface area contributed by atoms with E-state index in [1.165, 1.54) is 18.2 Å². The predicted octanol–water partition coefficient (Wildman–Crippen LogP) is 2.67. The van der Waals surface area contributed by atoms with Crippen molar-refractivity contribution in [1.29, 1.82) is 0 Å². The maximum Gasteiger partial charge on any atom is 0.323 e. The lowest BCUT2D eigenvalue weighted by Gasteiger charge is -2.22. The molecular formula is C20H22N4O4S. The first-order valence-corrected chi connectivity index (χ1v) is 11.1. The number of hydrogen-bond donors (Lipinski definition) is 3. The fourth-order valence-electron chi connectivity index (χ4n) is 3.59. The molecule has 3 N–H and O–H groups in total. The van der Waals surface area contributed by atoms with Crippen molar-refractivity contribution in [2.75, 3.05) is 17.8 Å². The highest BCUT2D eigenvalue weighted by atomic mass is 32.2. The van der Waals surface area contributed by atoms with Gasteiger partial charge in [-0.05, 0) is 43.2 Å². The molecule has 1 amide bonds. The molecule has 0 aliphatic carbocycles. The number of benzene rings is 2. The van der Waals surface area contributed by atoms with E-state index in [-0.39, 0.29) is 16.5 Å². The zero-order valence-corrected chi connectivity index (χ0v) is 16.6. The van der Waals surface area contributed by atoms with Crippen LogP contribution in [0.3, 0.4) is 0 Å². The van der Waals surface area contributed by atoms with Gasteiger partial charge in [-0.25, -0.2) is 13.2 Å². The number of likely N-dealkylation sites (tertiary alicyclic amines) is 1. The molecule has 8 nitrogen and oxygen atoms in total. The summed E-state index contributed by atoms with van der Waals surface area (Å²) in [5.41, 5.74) is 1.08. The number of anilines is 1. The van der Waals surface area contributed by atoms with Crippen LogP contribution >= 0.6 is 0 Å². The van der Waals surface area contributed by atoms with Crippen molar-refractivity contribution in [1.82, 2.24) is 14.9 Å². The summed E-state index contributed by atoms with van der Waals surface area (Å²) < 4.78 is 28.4. The first-order chi connectivity index (χ1) is 13.9. The number of para-hydroxylation sites is 1. The number of aromatic amines is 2. The van der Waals surface area contributed by atoms with Gasteiger partial charge in [-0.1, -0.05) is 25.0 Å². The Bertz CT molecular complexity index is 1200. The summed E-state index contributed by atoms with van der Waals surface area (Å²) in [5.74, 6) is -0.171. The molecule has 2 heterocycles. The van der Waals surface area contributed by atoms with Crippen LogP contribution in [-0.4, -0.2) is 42.3 Å². The average Bonchev–Trinajstić information content (AvgIpc) is 2.89. The van der Waals surface area contributed by atoms with Crippen molar-refractivity contribution >= 4 is 32.7 Å². The Morgan fingerprint density at radius 3 is 2.38 bits per heavy atom. The lowest BCUT2D eigenvalue weighted by molar-refractivity contribution is 0.0762.